The van der Waals surface area contributed by atoms with Crippen molar-refractivity contribution < 1.29 is 4.79 Å². The molecule has 0 spiro atoms. The zero-order valence-electron chi connectivity index (χ0n) is 17.1. The number of nitrogens with zero attached hydrogens (tertiary/aromatic N) is 2. The molecule has 0 aliphatic rings. The fraction of sp³-hybridized carbons (Fsp3) is 0.333. The Bertz CT molecular complexity index is 981. The molecule has 0 fully saturated rings. The normalized spacial score (nSPS) is 11.4. The van der Waals surface area contributed by atoms with Crippen molar-refractivity contribution in [1.29, 1.82) is 0 Å². The highest BCUT2D eigenvalue weighted by atomic mass is 16.2. The van der Waals surface area contributed by atoms with Crippen LogP contribution < -0.4 is 0 Å². The average molecular weight is 361 g/mol. The Morgan fingerprint density at radius 1 is 0.926 bits per heavy atom. The lowest BCUT2D eigenvalue weighted by molar-refractivity contribution is 0.0646. The molecule has 0 unspecified atom stereocenters. The summed E-state index contributed by atoms with van der Waals surface area (Å²) in [5.41, 5.74) is 5.88. The predicted octanol–water partition coefficient (Wildman–Crippen LogP) is 5.78. The smallest absolute Gasteiger partial charge is 0.255 e. The van der Waals surface area contributed by atoms with E-state index in [1.54, 1.807) is 0 Å². The molecule has 1 heterocycles. The Morgan fingerprint density at radius 3 is 2.22 bits per heavy atom. The van der Waals surface area contributed by atoms with Crippen molar-refractivity contribution in [3.05, 3.63) is 65.2 Å². The molecule has 3 heteroatoms. The molecule has 27 heavy (non-hydrogen) atoms. The zero-order valence-corrected chi connectivity index (χ0v) is 17.1. The summed E-state index contributed by atoms with van der Waals surface area (Å²) in [6.07, 6.45) is 0. The number of benzene rings is 2. The number of hydrogen-bond donors (Lipinski definition) is 0. The number of carbonyl (C=O) groups excluding carboxylic acids is 1. The molecule has 3 aromatic rings. The Hall–Kier alpha value is -2.68. The highest BCUT2D eigenvalue weighted by Gasteiger charge is 2.24. The first-order valence-corrected chi connectivity index (χ1v) is 9.59. The predicted molar refractivity (Wildman–Crippen MR) is 113 cm³/mol. The average Bonchev–Trinajstić information content (AvgIpc) is 2.60. The van der Waals surface area contributed by atoms with E-state index in [-0.39, 0.29) is 18.0 Å². The minimum absolute atomic E-state index is 0.0598. The molecule has 0 radical (unpaired) electrons. The molecular weight excluding hydrogens is 332 g/mol. The summed E-state index contributed by atoms with van der Waals surface area (Å²) >= 11 is 0. The molecule has 0 saturated carbocycles. The molecule has 1 amide bonds. The molecule has 3 rings (SSSR count). The number of hydrogen-bond acceptors (Lipinski definition) is 2. The molecular formula is C24H28N2O. The molecule has 0 bridgehead atoms. The van der Waals surface area contributed by atoms with Gasteiger partial charge in [-0.25, -0.2) is 4.98 Å². The van der Waals surface area contributed by atoms with E-state index in [4.69, 9.17) is 4.98 Å². The SMILES string of the molecule is Cc1ccc(-c2cc(C(=O)N(C(C)C)C(C)C)c3ccccc3n2)c(C)c1. The van der Waals surface area contributed by atoms with Gasteiger partial charge in [0.05, 0.1) is 16.8 Å². The maximum Gasteiger partial charge on any atom is 0.255 e. The van der Waals surface area contributed by atoms with Gasteiger partial charge in [0.2, 0.25) is 0 Å². The summed E-state index contributed by atoms with van der Waals surface area (Å²) in [4.78, 5) is 20.3. The van der Waals surface area contributed by atoms with Crippen molar-refractivity contribution >= 4 is 16.8 Å². The van der Waals surface area contributed by atoms with Gasteiger partial charge in [-0.2, -0.15) is 0 Å². The van der Waals surface area contributed by atoms with Gasteiger partial charge in [-0.15, -0.1) is 0 Å². The molecule has 3 nitrogen and oxygen atoms in total. The van der Waals surface area contributed by atoms with Crippen LogP contribution >= 0.6 is 0 Å². The maximum atomic E-state index is 13.5. The van der Waals surface area contributed by atoms with E-state index in [0.717, 1.165) is 27.7 Å². The summed E-state index contributed by atoms with van der Waals surface area (Å²) in [6.45, 7) is 12.4. The van der Waals surface area contributed by atoms with Crippen LogP contribution in [-0.2, 0) is 0 Å². The molecule has 2 aromatic carbocycles. The fourth-order valence-electron chi connectivity index (χ4n) is 3.80. The fourth-order valence-corrected chi connectivity index (χ4v) is 3.80. The van der Waals surface area contributed by atoms with Crippen LogP contribution in [0.1, 0.15) is 49.2 Å². The number of rotatable bonds is 4. The molecule has 140 valence electrons. The first-order chi connectivity index (χ1) is 12.8. The minimum Gasteiger partial charge on any atom is -0.334 e. The third kappa shape index (κ3) is 3.73. The van der Waals surface area contributed by atoms with E-state index in [0.29, 0.717) is 0 Å². The van der Waals surface area contributed by atoms with E-state index in [1.165, 1.54) is 11.1 Å². The Balaban J connectivity index is 2.24. The van der Waals surface area contributed by atoms with Crippen LogP contribution in [0.2, 0.25) is 0 Å². The third-order valence-electron chi connectivity index (χ3n) is 4.95. The summed E-state index contributed by atoms with van der Waals surface area (Å²) in [6, 6.07) is 16.5. The third-order valence-corrected chi connectivity index (χ3v) is 4.95. The number of fused-ring (bicyclic) bond motifs is 1. The second kappa shape index (κ2) is 7.51. The van der Waals surface area contributed by atoms with Crippen LogP contribution in [0.3, 0.4) is 0 Å². The minimum atomic E-state index is 0.0598. The van der Waals surface area contributed by atoms with E-state index in [9.17, 15) is 4.79 Å². The topological polar surface area (TPSA) is 33.2 Å². The van der Waals surface area contributed by atoms with Gasteiger partial charge in [-0.3, -0.25) is 4.79 Å². The van der Waals surface area contributed by atoms with Crippen LogP contribution in [0.25, 0.3) is 22.2 Å². The summed E-state index contributed by atoms with van der Waals surface area (Å²) in [5.74, 6) is 0.0598. The first kappa shape index (κ1) is 19.1. The van der Waals surface area contributed by atoms with Crippen LogP contribution in [0.4, 0.5) is 0 Å². The lowest BCUT2D eigenvalue weighted by Crippen LogP contribution is -2.42. The van der Waals surface area contributed by atoms with E-state index in [2.05, 4.69) is 59.7 Å². The van der Waals surface area contributed by atoms with Gasteiger partial charge in [0.25, 0.3) is 5.91 Å². The number of amides is 1. The van der Waals surface area contributed by atoms with Gasteiger partial charge in [0.1, 0.15) is 0 Å². The molecule has 0 saturated heterocycles. The molecule has 0 atom stereocenters. The van der Waals surface area contributed by atoms with Crippen molar-refractivity contribution in [2.75, 3.05) is 0 Å². The van der Waals surface area contributed by atoms with Gasteiger partial charge >= 0.3 is 0 Å². The number of para-hydroxylation sites is 1. The lowest BCUT2D eigenvalue weighted by atomic mass is 9.98. The van der Waals surface area contributed by atoms with Crippen molar-refractivity contribution in [3.63, 3.8) is 0 Å². The van der Waals surface area contributed by atoms with E-state index >= 15 is 0 Å². The number of aromatic nitrogens is 1. The maximum absolute atomic E-state index is 13.5. The van der Waals surface area contributed by atoms with Crippen LogP contribution in [0.15, 0.2) is 48.5 Å². The van der Waals surface area contributed by atoms with Gasteiger partial charge in [0, 0.05) is 23.0 Å². The van der Waals surface area contributed by atoms with Crippen LogP contribution in [0, 0.1) is 13.8 Å². The van der Waals surface area contributed by atoms with Gasteiger partial charge in [0.15, 0.2) is 0 Å². The largest absolute Gasteiger partial charge is 0.334 e. The second-order valence-electron chi connectivity index (χ2n) is 7.79. The van der Waals surface area contributed by atoms with Gasteiger partial charge in [-0.05, 0) is 59.2 Å². The second-order valence-corrected chi connectivity index (χ2v) is 7.79. The Labute approximate surface area is 162 Å². The molecule has 0 aliphatic carbocycles. The van der Waals surface area contributed by atoms with Crippen molar-refractivity contribution in [3.8, 4) is 11.3 Å². The number of aryl methyl sites for hydroxylation is 2. The van der Waals surface area contributed by atoms with Crippen molar-refractivity contribution in [2.45, 2.75) is 53.6 Å². The summed E-state index contributed by atoms with van der Waals surface area (Å²) in [5, 5.41) is 0.905. The van der Waals surface area contributed by atoms with E-state index in [1.807, 2.05) is 35.2 Å². The quantitative estimate of drug-likeness (QED) is 0.591. The molecule has 1 aromatic heterocycles. The van der Waals surface area contributed by atoms with Gasteiger partial charge in [-0.1, -0.05) is 42.0 Å². The van der Waals surface area contributed by atoms with Crippen molar-refractivity contribution in [2.24, 2.45) is 0 Å². The van der Waals surface area contributed by atoms with E-state index < -0.39 is 0 Å². The monoisotopic (exact) mass is 360 g/mol. The zero-order chi connectivity index (χ0) is 19.7. The molecule has 0 N–H and O–H groups in total. The first-order valence-electron chi connectivity index (χ1n) is 9.59. The summed E-state index contributed by atoms with van der Waals surface area (Å²) in [7, 11) is 0. The number of carbonyl (C=O) groups is 1. The Morgan fingerprint density at radius 2 is 1.59 bits per heavy atom. The summed E-state index contributed by atoms with van der Waals surface area (Å²) < 4.78 is 0. The van der Waals surface area contributed by atoms with Crippen molar-refractivity contribution in [1.82, 2.24) is 9.88 Å². The lowest BCUT2D eigenvalue weighted by Gasteiger charge is -2.31. The number of pyridine rings is 1. The highest BCUT2D eigenvalue weighted by molar-refractivity contribution is 6.07. The standard InChI is InChI=1S/C24H28N2O/c1-15(2)26(16(3)4)24(27)21-14-23(19-12-11-17(5)13-18(19)6)25-22-10-8-7-9-20(21)22/h7-16H,1-6H3. The van der Waals surface area contributed by atoms with Gasteiger partial charge < -0.3 is 4.90 Å². The van der Waals surface area contributed by atoms with Crippen LogP contribution in [0.5, 0.6) is 0 Å². The molecule has 0 aliphatic heterocycles. The Kier molecular flexibility index (Phi) is 5.31. The van der Waals surface area contributed by atoms with Crippen LogP contribution in [-0.4, -0.2) is 27.9 Å². The highest BCUT2D eigenvalue weighted by Crippen LogP contribution is 2.29.